The number of amides is 1. The molecule has 0 aromatic carbocycles. The highest BCUT2D eigenvalue weighted by Crippen LogP contribution is 2.22. The van der Waals surface area contributed by atoms with E-state index in [0.29, 0.717) is 18.3 Å². The molecular formula is C17H34N4O. The molecule has 2 aliphatic heterocycles. The smallest absolute Gasteiger partial charge is 0.220 e. The minimum Gasteiger partial charge on any atom is -0.352 e. The number of piperidine rings is 1. The molecule has 5 heteroatoms. The van der Waals surface area contributed by atoms with Gasteiger partial charge in [-0.15, -0.1) is 0 Å². The maximum atomic E-state index is 12.2. The highest BCUT2D eigenvalue weighted by atomic mass is 16.1. The van der Waals surface area contributed by atoms with E-state index in [2.05, 4.69) is 41.3 Å². The van der Waals surface area contributed by atoms with Crippen LogP contribution in [0, 0.1) is 11.8 Å². The lowest BCUT2D eigenvalue weighted by Crippen LogP contribution is -2.49. The van der Waals surface area contributed by atoms with E-state index in [0.717, 1.165) is 45.8 Å². The van der Waals surface area contributed by atoms with Crippen molar-refractivity contribution in [1.29, 1.82) is 0 Å². The molecule has 0 aliphatic carbocycles. The maximum absolute atomic E-state index is 12.2. The standard InChI is InChI=1S/C17H34N4O/c1-14(16-5-4-6-18-12-16)11-17(22)19-15(2)13-21-9-7-20(3)8-10-21/h14-16,18H,4-13H2,1-3H3,(H,19,22). The summed E-state index contributed by atoms with van der Waals surface area (Å²) in [6.07, 6.45) is 3.17. The molecule has 2 saturated heterocycles. The summed E-state index contributed by atoms with van der Waals surface area (Å²) in [5.74, 6) is 1.36. The quantitative estimate of drug-likeness (QED) is 0.761. The van der Waals surface area contributed by atoms with Crippen molar-refractivity contribution in [3.8, 4) is 0 Å². The van der Waals surface area contributed by atoms with Crippen LogP contribution in [0.25, 0.3) is 0 Å². The number of likely N-dealkylation sites (N-methyl/N-ethyl adjacent to an activating group) is 1. The minimum atomic E-state index is 0.222. The van der Waals surface area contributed by atoms with Crippen LogP contribution in [0.5, 0.6) is 0 Å². The fourth-order valence-corrected chi connectivity index (χ4v) is 3.62. The molecule has 0 aromatic rings. The zero-order chi connectivity index (χ0) is 15.9. The lowest BCUT2D eigenvalue weighted by Gasteiger charge is -2.34. The Kier molecular flexibility index (Phi) is 7.12. The molecule has 5 nitrogen and oxygen atoms in total. The van der Waals surface area contributed by atoms with E-state index < -0.39 is 0 Å². The molecule has 0 bridgehead atoms. The van der Waals surface area contributed by atoms with E-state index in [1.165, 1.54) is 12.8 Å². The third-order valence-corrected chi connectivity index (χ3v) is 5.18. The fourth-order valence-electron chi connectivity index (χ4n) is 3.62. The van der Waals surface area contributed by atoms with Gasteiger partial charge in [0.25, 0.3) is 0 Å². The molecule has 2 aliphatic rings. The number of piperazine rings is 1. The first kappa shape index (κ1) is 17.7. The Morgan fingerprint density at radius 3 is 2.64 bits per heavy atom. The van der Waals surface area contributed by atoms with Crippen LogP contribution < -0.4 is 10.6 Å². The van der Waals surface area contributed by atoms with Gasteiger partial charge in [-0.2, -0.15) is 0 Å². The van der Waals surface area contributed by atoms with Crippen molar-refractivity contribution in [3.05, 3.63) is 0 Å². The van der Waals surface area contributed by atoms with Crippen LogP contribution in [-0.2, 0) is 4.79 Å². The number of carbonyl (C=O) groups is 1. The Morgan fingerprint density at radius 1 is 1.27 bits per heavy atom. The zero-order valence-electron chi connectivity index (χ0n) is 14.6. The van der Waals surface area contributed by atoms with Crippen molar-refractivity contribution >= 4 is 5.91 Å². The number of rotatable bonds is 6. The van der Waals surface area contributed by atoms with Crippen molar-refractivity contribution in [2.24, 2.45) is 11.8 Å². The molecule has 2 N–H and O–H groups in total. The third kappa shape index (κ3) is 5.86. The number of nitrogens with zero attached hydrogens (tertiary/aromatic N) is 2. The molecule has 3 unspecified atom stereocenters. The van der Waals surface area contributed by atoms with Gasteiger partial charge in [-0.1, -0.05) is 6.92 Å². The van der Waals surface area contributed by atoms with Gasteiger partial charge in [0.15, 0.2) is 0 Å². The number of hydrogen-bond acceptors (Lipinski definition) is 4. The summed E-state index contributed by atoms with van der Waals surface area (Å²) in [7, 11) is 2.17. The minimum absolute atomic E-state index is 0.222. The summed E-state index contributed by atoms with van der Waals surface area (Å²) in [5.41, 5.74) is 0. The van der Waals surface area contributed by atoms with Crippen molar-refractivity contribution < 1.29 is 4.79 Å². The second-order valence-electron chi connectivity index (χ2n) is 7.36. The maximum Gasteiger partial charge on any atom is 0.220 e. The number of nitrogens with one attached hydrogen (secondary N) is 2. The van der Waals surface area contributed by atoms with Gasteiger partial charge in [0, 0.05) is 45.2 Å². The fraction of sp³-hybridized carbons (Fsp3) is 0.941. The van der Waals surface area contributed by atoms with Gasteiger partial charge >= 0.3 is 0 Å². The topological polar surface area (TPSA) is 47.6 Å². The first-order chi connectivity index (χ1) is 10.5. The molecule has 3 atom stereocenters. The monoisotopic (exact) mass is 310 g/mol. The molecule has 128 valence electrons. The van der Waals surface area contributed by atoms with Crippen molar-refractivity contribution in [3.63, 3.8) is 0 Å². The Bertz CT molecular complexity index is 336. The first-order valence-electron chi connectivity index (χ1n) is 8.95. The van der Waals surface area contributed by atoms with Crippen LogP contribution in [0.2, 0.25) is 0 Å². The van der Waals surface area contributed by atoms with Crippen LogP contribution in [0.4, 0.5) is 0 Å². The predicted octanol–water partition coefficient (Wildman–Crippen LogP) is 0.764. The van der Waals surface area contributed by atoms with Crippen LogP contribution in [0.15, 0.2) is 0 Å². The van der Waals surface area contributed by atoms with Crippen LogP contribution in [-0.4, -0.2) is 74.6 Å². The molecule has 0 radical (unpaired) electrons. The molecule has 0 spiro atoms. The average molecular weight is 310 g/mol. The van der Waals surface area contributed by atoms with Crippen molar-refractivity contribution in [2.45, 2.75) is 39.2 Å². The molecular weight excluding hydrogens is 276 g/mol. The predicted molar refractivity (Wildman–Crippen MR) is 90.9 cm³/mol. The average Bonchev–Trinajstić information content (AvgIpc) is 2.50. The van der Waals surface area contributed by atoms with E-state index in [4.69, 9.17) is 0 Å². The van der Waals surface area contributed by atoms with Gasteiger partial charge in [0.2, 0.25) is 5.91 Å². The normalized spacial score (nSPS) is 27.3. The van der Waals surface area contributed by atoms with Gasteiger partial charge in [0.1, 0.15) is 0 Å². The summed E-state index contributed by atoms with van der Waals surface area (Å²) >= 11 is 0. The Morgan fingerprint density at radius 2 is 2.00 bits per heavy atom. The van der Waals surface area contributed by atoms with E-state index in [1.807, 2.05) is 0 Å². The summed E-state index contributed by atoms with van der Waals surface area (Å²) in [4.78, 5) is 17.1. The van der Waals surface area contributed by atoms with Crippen molar-refractivity contribution in [2.75, 3.05) is 52.9 Å². The van der Waals surface area contributed by atoms with Gasteiger partial charge < -0.3 is 15.5 Å². The Hall–Kier alpha value is -0.650. The van der Waals surface area contributed by atoms with Crippen LogP contribution in [0.1, 0.15) is 33.1 Å². The van der Waals surface area contributed by atoms with E-state index in [1.54, 1.807) is 0 Å². The molecule has 2 fully saturated rings. The van der Waals surface area contributed by atoms with E-state index in [-0.39, 0.29) is 11.9 Å². The van der Waals surface area contributed by atoms with Crippen LogP contribution >= 0.6 is 0 Å². The molecule has 1 amide bonds. The van der Waals surface area contributed by atoms with Crippen molar-refractivity contribution in [1.82, 2.24) is 20.4 Å². The highest BCUT2D eigenvalue weighted by molar-refractivity contribution is 5.76. The number of hydrogen-bond donors (Lipinski definition) is 2. The lowest BCUT2D eigenvalue weighted by atomic mass is 9.85. The second-order valence-corrected chi connectivity index (χ2v) is 7.36. The second kappa shape index (κ2) is 8.85. The zero-order valence-corrected chi connectivity index (χ0v) is 14.6. The van der Waals surface area contributed by atoms with Gasteiger partial charge in [0.05, 0.1) is 0 Å². The number of carbonyl (C=O) groups excluding carboxylic acids is 1. The van der Waals surface area contributed by atoms with Gasteiger partial charge in [-0.25, -0.2) is 0 Å². The molecule has 2 rings (SSSR count). The summed E-state index contributed by atoms with van der Waals surface area (Å²) in [6.45, 7) is 12.0. The highest BCUT2D eigenvalue weighted by Gasteiger charge is 2.23. The Labute approximate surface area is 135 Å². The molecule has 2 heterocycles. The van der Waals surface area contributed by atoms with E-state index in [9.17, 15) is 4.79 Å². The van der Waals surface area contributed by atoms with Gasteiger partial charge in [-0.05, 0) is 51.7 Å². The Balaban J connectivity index is 1.65. The first-order valence-corrected chi connectivity index (χ1v) is 8.95. The SMILES string of the molecule is CC(CN1CCN(C)CC1)NC(=O)CC(C)C1CCCNC1. The largest absolute Gasteiger partial charge is 0.352 e. The van der Waals surface area contributed by atoms with Crippen LogP contribution in [0.3, 0.4) is 0 Å². The molecule has 0 saturated carbocycles. The van der Waals surface area contributed by atoms with Gasteiger partial charge in [-0.3, -0.25) is 9.69 Å². The summed E-state index contributed by atoms with van der Waals surface area (Å²) in [5, 5.41) is 6.64. The third-order valence-electron chi connectivity index (χ3n) is 5.18. The molecule has 22 heavy (non-hydrogen) atoms. The summed E-state index contributed by atoms with van der Waals surface area (Å²) in [6, 6.07) is 0.243. The van der Waals surface area contributed by atoms with E-state index >= 15 is 0 Å². The lowest BCUT2D eigenvalue weighted by molar-refractivity contribution is -0.123. The molecule has 0 aromatic heterocycles. The summed E-state index contributed by atoms with van der Waals surface area (Å²) < 4.78 is 0.